The monoisotopic (exact) mass is 264 g/mol. The van der Waals surface area contributed by atoms with E-state index in [1.807, 2.05) is 0 Å². The quantitative estimate of drug-likeness (QED) is 0.578. The van der Waals surface area contributed by atoms with Gasteiger partial charge in [0.25, 0.3) is 0 Å². The molecule has 0 aromatic rings. The van der Waals surface area contributed by atoms with Gasteiger partial charge in [-0.15, -0.1) is 0 Å². The number of carbonyl (C=O) groups excluding carboxylic acids is 1. The van der Waals surface area contributed by atoms with Gasteiger partial charge in [-0.2, -0.15) is 0 Å². The maximum absolute atomic E-state index is 11.6. The van der Waals surface area contributed by atoms with Crippen molar-refractivity contribution in [1.29, 1.82) is 0 Å². The van der Waals surface area contributed by atoms with Crippen molar-refractivity contribution in [2.45, 2.75) is 18.6 Å². The van der Waals surface area contributed by atoms with Gasteiger partial charge in [0.05, 0.1) is 6.10 Å². The molecule has 0 radical (unpaired) electrons. The number of rotatable bonds is 4. The average Bonchev–Trinajstić information content (AvgIpc) is 2.59. The standard InChI is InChI=1S/C9H16N2O5S/c1-17(16)3-2-10-9(15)11-5-6(12)4-7(11)8(13)14/h6-7,12H,2-5H2,1H3,(H,10,15)(H,13,14)/t6-,7-,17?/m0/s1. The number of amides is 2. The highest BCUT2D eigenvalue weighted by atomic mass is 32.2. The van der Waals surface area contributed by atoms with Crippen LogP contribution in [0, 0.1) is 0 Å². The third-order valence-corrected chi connectivity index (χ3v) is 3.27. The smallest absolute Gasteiger partial charge is 0.326 e. The van der Waals surface area contributed by atoms with E-state index < -0.39 is 34.9 Å². The molecule has 8 heteroatoms. The largest absolute Gasteiger partial charge is 0.480 e. The minimum Gasteiger partial charge on any atom is -0.480 e. The molecule has 1 heterocycles. The van der Waals surface area contributed by atoms with Crippen LogP contribution in [-0.4, -0.2) is 68.6 Å². The summed E-state index contributed by atoms with van der Waals surface area (Å²) in [6, 6.07) is -1.53. The minimum atomic E-state index is -1.13. The first-order valence-corrected chi connectivity index (χ1v) is 6.90. The van der Waals surface area contributed by atoms with Crippen molar-refractivity contribution in [3.8, 4) is 0 Å². The molecule has 1 saturated heterocycles. The summed E-state index contributed by atoms with van der Waals surface area (Å²) in [7, 11) is -1.01. The number of aliphatic carboxylic acids is 1. The van der Waals surface area contributed by atoms with Crippen LogP contribution in [0.15, 0.2) is 0 Å². The van der Waals surface area contributed by atoms with Crippen LogP contribution >= 0.6 is 0 Å². The molecule has 0 saturated carbocycles. The number of likely N-dealkylation sites (tertiary alicyclic amines) is 1. The van der Waals surface area contributed by atoms with Gasteiger partial charge >= 0.3 is 12.0 Å². The Labute approximate surface area is 101 Å². The molecule has 1 unspecified atom stereocenters. The number of carboxylic acid groups (broad SMARTS) is 1. The van der Waals surface area contributed by atoms with Crippen LogP contribution in [0.1, 0.15) is 6.42 Å². The van der Waals surface area contributed by atoms with Crippen molar-refractivity contribution in [2.75, 3.05) is 25.1 Å². The van der Waals surface area contributed by atoms with Crippen LogP contribution in [0.4, 0.5) is 4.79 Å². The average molecular weight is 264 g/mol. The van der Waals surface area contributed by atoms with Crippen LogP contribution in [-0.2, 0) is 15.6 Å². The molecule has 0 aromatic carbocycles. The lowest BCUT2D eigenvalue weighted by Crippen LogP contribution is -2.47. The summed E-state index contributed by atoms with van der Waals surface area (Å²) in [4.78, 5) is 23.6. The summed E-state index contributed by atoms with van der Waals surface area (Å²) < 4.78 is 10.8. The first-order chi connectivity index (χ1) is 7.91. The zero-order valence-electron chi connectivity index (χ0n) is 9.46. The Balaban J connectivity index is 2.49. The number of hydrogen-bond acceptors (Lipinski definition) is 4. The number of β-amino-alcohol motifs (C(OH)–C–C–N with tert-alkyl or cyclic N) is 1. The van der Waals surface area contributed by atoms with E-state index in [0.29, 0.717) is 5.75 Å². The van der Waals surface area contributed by atoms with E-state index in [1.165, 1.54) is 6.26 Å². The molecule has 0 aromatic heterocycles. The zero-order chi connectivity index (χ0) is 13.0. The van der Waals surface area contributed by atoms with Crippen LogP contribution < -0.4 is 5.32 Å². The Morgan fingerprint density at radius 2 is 2.18 bits per heavy atom. The third-order valence-electron chi connectivity index (χ3n) is 2.49. The summed E-state index contributed by atoms with van der Waals surface area (Å²) in [5.41, 5.74) is 0. The summed E-state index contributed by atoms with van der Waals surface area (Å²) in [6.45, 7) is 0.235. The first kappa shape index (κ1) is 13.9. The molecule has 98 valence electrons. The van der Waals surface area contributed by atoms with Gasteiger partial charge in [-0.3, -0.25) is 4.21 Å². The Morgan fingerprint density at radius 3 is 2.71 bits per heavy atom. The normalized spacial score (nSPS) is 25.6. The number of carboxylic acids is 1. The fourth-order valence-electron chi connectivity index (χ4n) is 1.68. The van der Waals surface area contributed by atoms with E-state index in [-0.39, 0.29) is 19.5 Å². The van der Waals surface area contributed by atoms with Crippen molar-refractivity contribution in [3.05, 3.63) is 0 Å². The Morgan fingerprint density at radius 1 is 1.53 bits per heavy atom. The number of carbonyl (C=O) groups is 2. The van der Waals surface area contributed by atoms with Gasteiger partial charge in [0.2, 0.25) is 0 Å². The van der Waals surface area contributed by atoms with Gasteiger partial charge in [0.15, 0.2) is 0 Å². The van der Waals surface area contributed by atoms with Gasteiger partial charge in [0, 0.05) is 42.3 Å². The number of urea groups is 1. The minimum absolute atomic E-state index is 0.0119. The lowest BCUT2D eigenvalue weighted by molar-refractivity contribution is -0.141. The maximum atomic E-state index is 11.6. The number of nitrogens with zero attached hydrogens (tertiary/aromatic N) is 1. The summed E-state index contributed by atoms with van der Waals surface area (Å²) in [6.07, 6.45) is 0.760. The predicted molar refractivity (Wildman–Crippen MR) is 61.1 cm³/mol. The molecular weight excluding hydrogens is 248 g/mol. The number of aliphatic hydroxyl groups is 1. The highest BCUT2D eigenvalue weighted by molar-refractivity contribution is 7.84. The summed E-state index contributed by atoms with van der Waals surface area (Å²) in [5.74, 6) is -0.810. The van der Waals surface area contributed by atoms with Gasteiger partial charge < -0.3 is 20.4 Å². The molecule has 2 amide bonds. The van der Waals surface area contributed by atoms with Crippen LogP contribution in [0.5, 0.6) is 0 Å². The molecule has 1 aliphatic heterocycles. The number of hydrogen-bond donors (Lipinski definition) is 3. The molecular formula is C9H16N2O5S. The molecule has 1 rings (SSSR count). The highest BCUT2D eigenvalue weighted by Gasteiger charge is 2.38. The lowest BCUT2D eigenvalue weighted by Gasteiger charge is -2.21. The third kappa shape index (κ3) is 3.97. The molecule has 3 N–H and O–H groups in total. The topological polar surface area (TPSA) is 107 Å². The lowest BCUT2D eigenvalue weighted by atomic mass is 10.2. The second-order valence-corrected chi connectivity index (χ2v) is 5.46. The van der Waals surface area contributed by atoms with E-state index in [9.17, 15) is 18.9 Å². The van der Waals surface area contributed by atoms with Gasteiger partial charge in [-0.25, -0.2) is 9.59 Å². The Bertz CT molecular complexity index is 335. The molecule has 0 aliphatic carbocycles. The van der Waals surface area contributed by atoms with E-state index >= 15 is 0 Å². The Hall–Kier alpha value is -1.15. The van der Waals surface area contributed by atoms with E-state index in [4.69, 9.17) is 5.11 Å². The first-order valence-electron chi connectivity index (χ1n) is 5.17. The molecule has 0 spiro atoms. The summed E-state index contributed by atoms with van der Waals surface area (Å²) in [5, 5.41) is 20.7. The molecule has 3 atom stereocenters. The van der Waals surface area contributed by atoms with Crippen LogP contribution in [0.3, 0.4) is 0 Å². The molecule has 7 nitrogen and oxygen atoms in total. The van der Waals surface area contributed by atoms with Crippen molar-refractivity contribution in [2.24, 2.45) is 0 Å². The Kier molecular flexibility index (Phi) is 4.88. The van der Waals surface area contributed by atoms with Crippen molar-refractivity contribution in [1.82, 2.24) is 10.2 Å². The zero-order valence-corrected chi connectivity index (χ0v) is 10.3. The fourth-order valence-corrected chi connectivity index (χ4v) is 2.07. The van der Waals surface area contributed by atoms with Crippen molar-refractivity contribution < 1.29 is 24.0 Å². The number of nitrogens with one attached hydrogen (secondary N) is 1. The van der Waals surface area contributed by atoms with Gasteiger partial charge in [-0.05, 0) is 0 Å². The molecule has 1 fully saturated rings. The molecule has 0 bridgehead atoms. The molecule has 17 heavy (non-hydrogen) atoms. The van der Waals surface area contributed by atoms with Crippen LogP contribution in [0.25, 0.3) is 0 Å². The maximum Gasteiger partial charge on any atom is 0.326 e. The SMILES string of the molecule is CS(=O)CCNC(=O)N1C[C@@H](O)C[C@H]1C(=O)O. The summed E-state index contributed by atoms with van der Waals surface area (Å²) >= 11 is 0. The van der Waals surface area contributed by atoms with E-state index in [0.717, 1.165) is 4.90 Å². The highest BCUT2D eigenvalue weighted by Crippen LogP contribution is 2.17. The fraction of sp³-hybridized carbons (Fsp3) is 0.778. The van der Waals surface area contributed by atoms with Gasteiger partial charge in [0.1, 0.15) is 6.04 Å². The number of aliphatic hydroxyl groups excluding tert-OH is 1. The van der Waals surface area contributed by atoms with Crippen molar-refractivity contribution in [3.63, 3.8) is 0 Å². The van der Waals surface area contributed by atoms with Gasteiger partial charge in [-0.1, -0.05) is 0 Å². The van der Waals surface area contributed by atoms with Crippen molar-refractivity contribution >= 4 is 22.8 Å². The second-order valence-electron chi connectivity index (χ2n) is 3.91. The van der Waals surface area contributed by atoms with E-state index in [2.05, 4.69) is 5.32 Å². The predicted octanol–water partition coefficient (Wildman–Crippen LogP) is -1.41. The van der Waals surface area contributed by atoms with Crippen LogP contribution in [0.2, 0.25) is 0 Å². The second kappa shape index (κ2) is 5.97. The molecule has 1 aliphatic rings. The van der Waals surface area contributed by atoms with E-state index in [1.54, 1.807) is 0 Å².